The predicted octanol–water partition coefficient (Wildman–Crippen LogP) is 2.70. The van der Waals surface area contributed by atoms with Crippen LogP contribution in [-0.2, 0) is 0 Å². The lowest BCUT2D eigenvalue weighted by Crippen LogP contribution is -2.27. The quantitative estimate of drug-likeness (QED) is 0.814. The zero-order valence-corrected chi connectivity index (χ0v) is 10.1. The summed E-state index contributed by atoms with van der Waals surface area (Å²) in [5.74, 6) is 0.0248. The van der Waals surface area contributed by atoms with E-state index in [9.17, 15) is 4.79 Å². The number of rotatable bonds is 4. The van der Waals surface area contributed by atoms with E-state index in [-0.39, 0.29) is 5.91 Å². The van der Waals surface area contributed by atoms with E-state index in [1.165, 1.54) is 6.39 Å². The lowest BCUT2D eigenvalue weighted by atomic mass is 10.2. The predicted molar refractivity (Wildman–Crippen MR) is 65.9 cm³/mol. The number of benzene rings is 1. The van der Waals surface area contributed by atoms with E-state index >= 15 is 0 Å². The number of nitrogens with zero attached hydrogens (tertiary/aromatic N) is 2. The van der Waals surface area contributed by atoms with E-state index in [1.54, 1.807) is 23.1 Å². The normalized spacial score (nSPS) is 10.7. The highest BCUT2D eigenvalue weighted by molar-refractivity contribution is 5.96. The average Bonchev–Trinajstić information content (AvgIpc) is 2.81. The van der Waals surface area contributed by atoms with Gasteiger partial charge in [0.25, 0.3) is 5.91 Å². The Balaban J connectivity index is 2.17. The molecule has 0 fully saturated rings. The van der Waals surface area contributed by atoms with Gasteiger partial charge in [0, 0.05) is 19.2 Å². The number of aromatic nitrogens is 1. The fourth-order valence-electron chi connectivity index (χ4n) is 1.71. The Morgan fingerprint density at radius 3 is 3.06 bits per heavy atom. The molecule has 0 N–H and O–H groups in total. The van der Waals surface area contributed by atoms with Gasteiger partial charge in [0.2, 0.25) is 0 Å². The highest BCUT2D eigenvalue weighted by Gasteiger charge is 2.12. The van der Waals surface area contributed by atoms with Crippen LogP contribution in [-0.4, -0.2) is 29.4 Å². The summed E-state index contributed by atoms with van der Waals surface area (Å²) in [6, 6.07) is 5.34. The summed E-state index contributed by atoms with van der Waals surface area (Å²) in [4.78, 5) is 17.8. The maximum absolute atomic E-state index is 12.1. The Labute approximate surface area is 100 Å². The van der Waals surface area contributed by atoms with Crippen molar-refractivity contribution in [3.8, 4) is 0 Å². The van der Waals surface area contributed by atoms with Crippen LogP contribution in [0.25, 0.3) is 11.1 Å². The van der Waals surface area contributed by atoms with E-state index in [0.29, 0.717) is 11.1 Å². The second-order valence-electron chi connectivity index (χ2n) is 4.12. The summed E-state index contributed by atoms with van der Waals surface area (Å²) in [7, 11) is 1.82. The van der Waals surface area contributed by atoms with Gasteiger partial charge in [-0.1, -0.05) is 13.3 Å². The van der Waals surface area contributed by atoms with Crippen LogP contribution >= 0.6 is 0 Å². The first-order valence-electron chi connectivity index (χ1n) is 5.81. The molecule has 0 spiro atoms. The van der Waals surface area contributed by atoms with E-state index in [1.807, 2.05) is 7.05 Å². The fourth-order valence-corrected chi connectivity index (χ4v) is 1.71. The van der Waals surface area contributed by atoms with Crippen LogP contribution in [0.3, 0.4) is 0 Å². The minimum absolute atomic E-state index is 0.0248. The molecule has 1 aromatic carbocycles. The summed E-state index contributed by atoms with van der Waals surface area (Å²) in [5.41, 5.74) is 2.07. The molecule has 0 saturated heterocycles. The van der Waals surface area contributed by atoms with Crippen molar-refractivity contribution in [2.24, 2.45) is 0 Å². The van der Waals surface area contributed by atoms with Gasteiger partial charge in [-0.2, -0.15) is 0 Å². The molecule has 1 aromatic heterocycles. The van der Waals surface area contributed by atoms with Gasteiger partial charge in [-0.05, 0) is 24.6 Å². The minimum Gasteiger partial charge on any atom is -0.443 e. The van der Waals surface area contributed by atoms with Crippen LogP contribution in [0.5, 0.6) is 0 Å². The van der Waals surface area contributed by atoms with Crippen LogP contribution in [0.15, 0.2) is 29.0 Å². The summed E-state index contributed by atoms with van der Waals surface area (Å²) in [5, 5.41) is 0. The van der Waals surface area contributed by atoms with Crippen molar-refractivity contribution in [3.05, 3.63) is 30.2 Å². The first-order chi connectivity index (χ1) is 8.22. The number of hydrogen-bond acceptors (Lipinski definition) is 3. The molecule has 0 atom stereocenters. The van der Waals surface area contributed by atoms with Gasteiger partial charge in [0.1, 0.15) is 5.52 Å². The third kappa shape index (κ3) is 2.46. The summed E-state index contributed by atoms with van der Waals surface area (Å²) < 4.78 is 5.19. The molecule has 0 aliphatic heterocycles. The van der Waals surface area contributed by atoms with Crippen LogP contribution in [0, 0.1) is 0 Å². The van der Waals surface area contributed by atoms with Crippen LogP contribution < -0.4 is 0 Å². The zero-order chi connectivity index (χ0) is 12.3. The second-order valence-corrected chi connectivity index (χ2v) is 4.12. The fraction of sp³-hybridized carbons (Fsp3) is 0.385. The molecule has 2 rings (SSSR count). The second kappa shape index (κ2) is 4.99. The molecular formula is C13H16N2O2. The minimum atomic E-state index is 0.0248. The molecule has 2 aromatic rings. The maximum atomic E-state index is 12.1. The van der Waals surface area contributed by atoms with Crippen molar-refractivity contribution >= 4 is 17.0 Å². The molecular weight excluding hydrogens is 216 g/mol. The topological polar surface area (TPSA) is 46.3 Å². The summed E-state index contributed by atoms with van der Waals surface area (Å²) in [6.45, 7) is 2.89. The number of hydrogen-bond donors (Lipinski definition) is 0. The number of unbranched alkanes of at least 4 members (excludes halogenated alkanes) is 1. The number of carbonyl (C=O) groups excluding carboxylic acids is 1. The van der Waals surface area contributed by atoms with E-state index in [0.717, 1.165) is 24.9 Å². The standard InChI is InChI=1S/C13H16N2O2/c1-3-4-7-15(2)13(16)10-5-6-11-12(8-10)17-9-14-11/h5-6,8-9H,3-4,7H2,1-2H3. The number of fused-ring (bicyclic) bond motifs is 1. The Hall–Kier alpha value is -1.84. The molecule has 0 radical (unpaired) electrons. The average molecular weight is 232 g/mol. The van der Waals surface area contributed by atoms with Gasteiger partial charge in [0.15, 0.2) is 12.0 Å². The van der Waals surface area contributed by atoms with Gasteiger partial charge in [-0.3, -0.25) is 4.79 Å². The van der Waals surface area contributed by atoms with Gasteiger partial charge >= 0.3 is 0 Å². The monoisotopic (exact) mass is 232 g/mol. The Morgan fingerprint density at radius 1 is 1.47 bits per heavy atom. The lowest BCUT2D eigenvalue weighted by Gasteiger charge is -2.16. The van der Waals surface area contributed by atoms with E-state index in [2.05, 4.69) is 11.9 Å². The molecule has 17 heavy (non-hydrogen) atoms. The highest BCUT2D eigenvalue weighted by atomic mass is 16.3. The van der Waals surface area contributed by atoms with Gasteiger partial charge < -0.3 is 9.32 Å². The van der Waals surface area contributed by atoms with Gasteiger partial charge in [-0.15, -0.1) is 0 Å². The smallest absolute Gasteiger partial charge is 0.253 e. The lowest BCUT2D eigenvalue weighted by molar-refractivity contribution is 0.0793. The van der Waals surface area contributed by atoms with Crippen molar-refractivity contribution in [2.45, 2.75) is 19.8 Å². The molecule has 0 unspecified atom stereocenters. The number of oxazole rings is 1. The van der Waals surface area contributed by atoms with Crippen molar-refractivity contribution in [2.75, 3.05) is 13.6 Å². The van der Waals surface area contributed by atoms with E-state index in [4.69, 9.17) is 4.42 Å². The molecule has 0 aliphatic rings. The molecule has 1 amide bonds. The molecule has 0 aliphatic carbocycles. The Morgan fingerprint density at radius 2 is 2.29 bits per heavy atom. The largest absolute Gasteiger partial charge is 0.443 e. The van der Waals surface area contributed by atoms with Crippen molar-refractivity contribution in [1.29, 1.82) is 0 Å². The van der Waals surface area contributed by atoms with Crippen molar-refractivity contribution in [3.63, 3.8) is 0 Å². The van der Waals surface area contributed by atoms with Gasteiger partial charge in [-0.25, -0.2) is 4.98 Å². The molecule has 0 saturated carbocycles. The first-order valence-corrected chi connectivity index (χ1v) is 5.81. The highest BCUT2D eigenvalue weighted by Crippen LogP contribution is 2.15. The SMILES string of the molecule is CCCCN(C)C(=O)c1ccc2ncoc2c1. The maximum Gasteiger partial charge on any atom is 0.253 e. The summed E-state index contributed by atoms with van der Waals surface area (Å²) >= 11 is 0. The zero-order valence-electron chi connectivity index (χ0n) is 10.1. The number of carbonyl (C=O) groups is 1. The van der Waals surface area contributed by atoms with Crippen LogP contribution in [0.1, 0.15) is 30.1 Å². The number of amides is 1. The van der Waals surface area contributed by atoms with Crippen molar-refractivity contribution in [1.82, 2.24) is 9.88 Å². The molecule has 4 heteroatoms. The van der Waals surface area contributed by atoms with Crippen molar-refractivity contribution < 1.29 is 9.21 Å². The van der Waals surface area contributed by atoms with Crippen LogP contribution in [0.4, 0.5) is 0 Å². The van der Waals surface area contributed by atoms with E-state index < -0.39 is 0 Å². The Kier molecular flexibility index (Phi) is 3.42. The first kappa shape index (κ1) is 11.6. The summed E-state index contributed by atoms with van der Waals surface area (Å²) in [6.07, 6.45) is 3.49. The third-order valence-corrected chi connectivity index (χ3v) is 2.77. The molecule has 0 bridgehead atoms. The molecule has 1 heterocycles. The molecule has 90 valence electrons. The Bertz CT molecular complexity index is 519. The van der Waals surface area contributed by atoms with Gasteiger partial charge in [0.05, 0.1) is 0 Å². The third-order valence-electron chi connectivity index (χ3n) is 2.77. The molecule has 4 nitrogen and oxygen atoms in total. The van der Waals surface area contributed by atoms with Crippen LogP contribution in [0.2, 0.25) is 0 Å².